The number of nitrogens with one attached hydrogen (secondary N) is 1. The van der Waals surface area contributed by atoms with Crippen LogP contribution in [0.15, 0.2) is 71.2 Å². The second kappa shape index (κ2) is 6.61. The predicted octanol–water partition coefficient (Wildman–Crippen LogP) is 5.84. The van der Waals surface area contributed by atoms with E-state index in [1.54, 1.807) is 0 Å². The van der Waals surface area contributed by atoms with Crippen LogP contribution < -0.4 is 10.2 Å². The quantitative estimate of drug-likeness (QED) is 0.579. The fourth-order valence-electron chi connectivity index (χ4n) is 3.41. The second-order valence-corrected chi connectivity index (χ2v) is 7.36. The number of fused-ring (bicyclic) bond motifs is 1. The monoisotopic (exact) mass is 406 g/mol. The van der Waals surface area contributed by atoms with Crippen LogP contribution in [-0.2, 0) is 0 Å². The zero-order valence-corrected chi connectivity index (χ0v) is 16.2. The first-order valence-corrected chi connectivity index (χ1v) is 9.37. The lowest BCUT2D eigenvalue weighted by Gasteiger charge is -2.39. The van der Waals surface area contributed by atoms with Gasteiger partial charge in [-0.05, 0) is 49.2 Å². The molecule has 1 aliphatic heterocycles. The fraction of sp³-hybridized carbons (Fsp3) is 0.136. The molecule has 0 saturated heterocycles. The highest BCUT2D eigenvalue weighted by Crippen LogP contribution is 2.40. The number of hydrogen-bond acceptors (Lipinski definition) is 2. The van der Waals surface area contributed by atoms with Gasteiger partial charge in [-0.15, -0.1) is 0 Å². The van der Waals surface area contributed by atoms with Gasteiger partial charge in [0, 0.05) is 21.4 Å². The average Bonchev–Trinajstić information content (AvgIpc) is 2.65. The molecule has 0 aromatic heterocycles. The molecule has 0 spiro atoms. The summed E-state index contributed by atoms with van der Waals surface area (Å²) in [6, 6.07) is 21.8. The smallest absolute Gasteiger partial charge is 0.262 e. The Kier molecular flexibility index (Phi) is 4.29. The van der Waals surface area contributed by atoms with Crippen molar-refractivity contribution < 1.29 is 4.79 Å². The number of carbonyl (C=O) groups is 1. The number of rotatable bonds is 2. The molecule has 0 fully saturated rings. The van der Waals surface area contributed by atoms with Crippen molar-refractivity contribution in [3.05, 3.63) is 93.5 Å². The molecule has 0 saturated carbocycles. The van der Waals surface area contributed by atoms with Gasteiger partial charge in [0.05, 0.1) is 5.56 Å². The number of aryl methyl sites for hydroxylation is 1. The molecule has 1 N–H and O–H groups in total. The Morgan fingerprint density at radius 2 is 1.65 bits per heavy atom. The van der Waals surface area contributed by atoms with E-state index in [4.69, 9.17) is 0 Å². The van der Waals surface area contributed by atoms with E-state index in [1.807, 2.05) is 65.6 Å². The lowest BCUT2D eigenvalue weighted by atomic mass is 10.00. The standard InChI is InChI=1S/C22H19BrN2O/c1-14-8-7-13-20(15(14)2)25-21(16-9-3-5-11-18(16)23)24-19-12-6-4-10-17(19)22(25)26/h3-13,21,24H,1-2H3. The van der Waals surface area contributed by atoms with Crippen LogP contribution in [0.3, 0.4) is 0 Å². The summed E-state index contributed by atoms with van der Waals surface area (Å²) in [7, 11) is 0. The molecule has 3 aromatic rings. The largest absolute Gasteiger partial charge is 0.360 e. The maximum Gasteiger partial charge on any atom is 0.262 e. The molecule has 0 aliphatic carbocycles. The summed E-state index contributed by atoms with van der Waals surface area (Å²) in [5.74, 6) is 0.00815. The zero-order valence-electron chi connectivity index (χ0n) is 14.7. The Labute approximate surface area is 161 Å². The molecule has 1 heterocycles. The van der Waals surface area contributed by atoms with Gasteiger partial charge in [0.2, 0.25) is 0 Å². The molecule has 1 amide bonds. The molecule has 26 heavy (non-hydrogen) atoms. The van der Waals surface area contributed by atoms with Gasteiger partial charge in [0.1, 0.15) is 6.17 Å². The Morgan fingerprint density at radius 3 is 2.46 bits per heavy atom. The minimum Gasteiger partial charge on any atom is -0.360 e. The summed E-state index contributed by atoms with van der Waals surface area (Å²) in [5, 5.41) is 3.55. The van der Waals surface area contributed by atoms with E-state index in [-0.39, 0.29) is 12.1 Å². The van der Waals surface area contributed by atoms with E-state index in [9.17, 15) is 4.79 Å². The van der Waals surface area contributed by atoms with E-state index in [1.165, 1.54) is 5.56 Å². The van der Waals surface area contributed by atoms with Gasteiger partial charge in [-0.1, -0.05) is 58.4 Å². The van der Waals surface area contributed by atoms with E-state index in [2.05, 4.69) is 41.2 Å². The highest BCUT2D eigenvalue weighted by atomic mass is 79.9. The summed E-state index contributed by atoms with van der Waals surface area (Å²) in [4.78, 5) is 15.3. The van der Waals surface area contributed by atoms with Crippen LogP contribution in [0.1, 0.15) is 33.2 Å². The molecule has 0 bridgehead atoms. The van der Waals surface area contributed by atoms with E-state index in [0.29, 0.717) is 5.56 Å². The molecule has 4 heteroatoms. The molecule has 1 atom stereocenters. The first-order chi connectivity index (χ1) is 12.6. The van der Waals surface area contributed by atoms with Crippen molar-refractivity contribution in [1.29, 1.82) is 0 Å². The average molecular weight is 407 g/mol. The first-order valence-electron chi connectivity index (χ1n) is 8.57. The summed E-state index contributed by atoms with van der Waals surface area (Å²) in [5.41, 5.74) is 5.78. The number of nitrogens with zero attached hydrogens (tertiary/aromatic N) is 1. The highest BCUT2D eigenvalue weighted by molar-refractivity contribution is 9.10. The molecule has 130 valence electrons. The van der Waals surface area contributed by atoms with Crippen molar-refractivity contribution in [3.8, 4) is 0 Å². The van der Waals surface area contributed by atoms with Crippen LogP contribution in [0.4, 0.5) is 11.4 Å². The summed E-state index contributed by atoms with van der Waals surface area (Å²) in [6.45, 7) is 4.14. The Bertz CT molecular complexity index is 999. The predicted molar refractivity (Wildman–Crippen MR) is 110 cm³/mol. The molecule has 3 aromatic carbocycles. The Hall–Kier alpha value is -2.59. The molecular weight excluding hydrogens is 388 g/mol. The lowest BCUT2D eigenvalue weighted by Crippen LogP contribution is -2.43. The van der Waals surface area contributed by atoms with E-state index < -0.39 is 0 Å². The maximum absolute atomic E-state index is 13.4. The van der Waals surface area contributed by atoms with Crippen LogP contribution in [-0.4, -0.2) is 5.91 Å². The number of amides is 1. The van der Waals surface area contributed by atoms with Gasteiger partial charge in [0.25, 0.3) is 5.91 Å². The number of benzene rings is 3. The van der Waals surface area contributed by atoms with Crippen molar-refractivity contribution in [1.82, 2.24) is 0 Å². The number of anilines is 2. The summed E-state index contributed by atoms with van der Waals surface area (Å²) >= 11 is 3.65. The van der Waals surface area contributed by atoms with Gasteiger partial charge < -0.3 is 5.32 Å². The second-order valence-electron chi connectivity index (χ2n) is 6.51. The normalized spacial score (nSPS) is 16.2. The number of carbonyl (C=O) groups excluding carboxylic acids is 1. The van der Waals surface area contributed by atoms with Crippen molar-refractivity contribution >= 4 is 33.2 Å². The molecule has 0 radical (unpaired) electrons. The molecule has 4 rings (SSSR count). The first kappa shape index (κ1) is 16.9. The number of para-hydroxylation sites is 1. The Balaban J connectivity index is 1.94. The number of halogens is 1. The van der Waals surface area contributed by atoms with Gasteiger partial charge in [-0.3, -0.25) is 9.69 Å². The van der Waals surface area contributed by atoms with Gasteiger partial charge in [-0.25, -0.2) is 0 Å². The van der Waals surface area contributed by atoms with Gasteiger partial charge >= 0.3 is 0 Å². The fourth-order valence-corrected chi connectivity index (χ4v) is 3.91. The van der Waals surface area contributed by atoms with E-state index in [0.717, 1.165) is 27.0 Å². The zero-order chi connectivity index (χ0) is 18.3. The molecular formula is C22H19BrN2O. The van der Waals surface area contributed by atoms with E-state index >= 15 is 0 Å². The third kappa shape index (κ3) is 2.71. The minimum absolute atomic E-state index is 0.00815. The van der Waals surface area contributed by atoms with Crippen LogP contribution in [0.2, 0.25) is 0 Å². The van der Waals surface area contributed by atoms with Crippen LogP contribution in [0.5, 0.6) is 0 Å². The number of hydrogen-bond donors (Lipinski definition) is 1. The van der Waals surface area contributed by atoms with Crippen molar-refractivity contribution in [3.63, 3.8) is 0 Å². The van der Waals surface area contributed by atoms with Crippen LogP contribution in [0.25, 0.3) is 0 Å². The van der Waals surface area contributed by atoms with Crippen molar-refractivity contribution in [2.24, 2.45) is 0 Å². The summed E-state index contributed by atoms with van der Waals surface area (Å²) in [6.07, 6.45) is -0.284. The lowest BCUT2D eigenvalue weighted by molar-refractivity contribution is 0.0974. The molecule has 1 unspecified atom stereocenters. The Morgan fingerprint density at radius 1 is 0.923 bits per heavy atom. The topological polar surface area (TPSA) is 32.3 Å². The van der Waals surface area contributed by atoms with Crippen LogP contribution in [0, 0.1) is 13.8 Å². The SMILES string of the molecule is Cc1cccc(N2C(=O)c3ccccc3NC2c2ccccc2Br)c1C. The van der Waals surface area contributed by atoms with Gasteiger partial charge in [0.15, 0.2) is 0 Å². The molecule has 3 nitrogen and oxygen atoms in total. The minimum atomic E-state index is -0.284. The highest BCUT2D eigenvalue weighted by Gasteiger charge is 2.35. The van der Waals surface area contributed by atoms with Crippen LogP contribution >= 0.6 is 15.9 Å². The maximum atomic E-state index is 13.4. The van der Waals surface area contributed by atoms with Gasteiger partial charge in [-0.2, -0.15) is 0 Å². The van der Waals surface area contributed by atoms with Crippen molar-refractivity contribution in [2.45, 2.75) is 20.0 Å². The third-order valence-electron chi connectivity index (χ3n) is 4.96. The van der Waals surface area contributed by atoms with Crippen molar-refractivity contribution in [2.75, 3.05) is 10.2 Å². The summed E-state index contributed by atoms with van der Waals surface area (Å²) < 4.78 is 0.972. The third-order valence-corrected chi connectivity index (χ3v) is 5.68. The molecule has 1 aliphatic rings.